The van der Waals surface area contributed by atoms with Gasteiger partial charge < -0.3 is 15.8 Å². The summed E-state index contributed by atoms with van der Waals surface area (Å²) < 4.78 is 0. The number of allylic oxidation sites excluding steroid dienone is 1. The van der Waals surface area contributed by atoms with E-state index in [1.54, 1.807) is 13.0 Å². The number of nitriles is 1. The van der Waals surface area contributed by atoms with Crippen LogP contribution in [0.5, 0.6) is 0 Å². The Balaban J connectivity index is 2.47. The van der Waals surface area contributed by atoms with Crippen molar-refractivity contribution in [3.8, 4) is 6.07 Å². The summed E-state index contributed by atoms with van der Waals surface area (Å²) >= 11 is 0. The lowest BCUT2D eigenvalue weighted by Gasteiger charge is -2.13. The van der Waals surface area contributed by atoms with E-state index in [4.69, 9.17) is 10.7 Å². The molecule has 3 N–H and O–H groups in total. The molecule has 0 saturated carbocycles. The summed E-state index contributed by atoms with van der Waals surface area (Å²) in [6.45, 7) is 4.20. The van der Waals surface area contributed by atoms with E-state index in [0.29, 0.717) is 18.5 Å². The molecule has 1 unspecified atom stereocenters. The zero-order valence-corrected chi connectivity index (χ0v) is 11.1. The lowest BCUT2D eigenvalue weighted by molar-refractivity contribution is 0.0838. The Morgan fingerprint density at radius 2 is 2.32 bits per heavy atom. The predicted octanol–water partition coefficient (Wildman–Crippen LogP) is 1.97. The molecular formula is C15H17N3O. The summed E-state index contributed by atoms with van der Waals surface area (Å²) in [5.74, 6) is 0. The minimum Gasteiger partial charge on any atom is -0.388 e. The smallest absolute Gasteiger partial charge is 0.0991 e. The largest absolute Gasteiger partial charge is 0.388 e. The van der Waals surface area contributed by atoms with Crippen molar-refractivity contribution in [1.82, 2.24) is 5.32 Å². The number of aryl methyl sites for hydroxylation is 1. The molecule has 0 radical (unpaired) electrons. The molecule has 98 valence electrons. The van der Waals surface area contributed by atoms with E-state index in [0.717, 1.165) is 22.4 Å². The van der Waals surface area contributed by atoms with E-state index < -0.39 is 5.60 Å². The van der Waals surface area contributed by atoms with Crippen molar-refractivity contribution < 1.29 is 5.11 Å². The summed E-state index contributed by atoms with van der Waals surface area (Å²) in [4.78, 5) is 0. The third kappa shape index (κ3) is 2.67. The Morgan fingerprint density at radius 3 is 2.79 bits per heavy atom. The number of benzene rings is 1. The first-order chi connectivity index (χ1) is 8.96. The maximum Gasteiger partial charge on any atom is 0.0991 e. The molecule has 1 aliphatic heterocycles. The van der Waals surface area contributed by atoms with Crippen molar-refractivity contribution in [2.75, 3.05) is 6.54 Å². The van der Waals surface area contributed by atoms with Gasteiger partial charge in [0.1, 0.15) is 0 Å². The molecular weight excluding hydrogens is 238 g/mol. The maximum atomic E-state index is 9.99. The van der Waals surface area contributed by atoms with Gasteiger partial charge >= 0.3 is 0 Å². The molecule has 4 nitrogen and oxygen atoms in total. The molecule has 0 aromatic heterocycles. The normalized spacial score (nSPS) is 24.5. The van der Waals surface area contributed by atoms with Crippen molar-refractivity contribution in [2.45, 2.75) is 25.9 Å². The minimum absolute atomic E-state index is 0.495. The van der Waals surface area contributed by atoms with Crippen molar-refractivity contribution in [1.29, 1.82) is 10.7 Å². The zero-order chi connectivity index (χ0) is 14.0. The first-order valence-electron chi connectivity index (χ1n) is 6.18. The Kier molecular flexibility index (Phi) is 3.41. The van der Waals surface area contributed by atoms with E-state index >= 15 is 0 Å². The topological polar surface area (TPSA) is 79.9 Å². The van der Waals surface area contributed by atoms with Crippen molar-refractivity contribution >= 4 is 11.8 Å². The second-order valence-corrected chi connectivity index (χ2v) is 5.21. The third-order valence-electron chi connectivity index (χ3n) is 3.36. The fraction of sp³-hybridized carbons (Fsp3) is 0.333. The summed E-state index contributed by atoms with van der Waals surface area (Å²) in [6.07, 6.45) is 1.81. The predicted molar refractivity (Wildman–Crippen MR) is 74.8 cm³/mol. The van der Waals surface area contributed by atoms with Gasteiger partial charge in [-0.1, -0.05) is 6.07 Å². The van der Waals surface area contributed by atoms with Gasteiger partial charge in [-0.15, -0.1) is 0 Å². The number of hydrogen-bond donors (Lipinski definition) is 3. The molecule has 0 amide bonds. The zero-order valence-electron chi connectivity index (χ0n) is 11.1. The van der Waals surface area contributed by atoms with Gasteiger partial charge in [0, 0.05) is 30.5 Å². The first-order valence-corrected chi connectivity index (χ1v) is 6.18. The number of rotatable bonds is 2. The molecule has 1 fully saturated rings. The van der Waals surface area contributed by atoms with Crippen LogP contribution in [0.3, 0.4) is 0 Å². The van der Waals surface area contributed by atoms with Gasteiger partial charge in [-0.05, 0) is 37.1 Å². The van der Waals surface area contributed by atoms with Crippen LogP contribution in [0, 0.1) is 23.7 Å². The number of nitrogens with one attached hydrogen (secondary N) is 2. The Bertz CT molecular complexity index is 594. The maximum absolute atomic E-state index is 9.99. The molecule has 4 heteroatoms. The molecule has 1 aromatic rings. The van der Waals surface area contributed by atoms with E-state index in [-0.39, 0.29) is 0 Å². The van der Waals surface area contributed by atoms with Gasteiger partial charge in [-0.3, -0.25) is 0 Å². The molecule has 1 aromatic carbocycles. The fourth-order valence-corrected chi connectivity index (χ4v) is 2.36. The average Bonchev–Trinajstić information content (AvgIpc) is 2.72. The number of hydrogen-bond acceptors (Lipinski definition) is 4. The van der Waals surface area contributed by atoms with Crippen LogP contribution < -0.4 is 5.32 Å². The summed E-state index contributed by atoms with van der Waals surface area (Å²) in [5.41, 5.74) is 3.39. The van der Waals surface area contributed by atoms with Crippen LogP contribution in [-0.2, 0) is 0 Å². The highest BCUT2D eigenvalue weighted by molar-refractivity contribution is 6.10. The minimum atomic E-state index is -0.760. The van der Waals surface area contributed by atoms with Crippen LogP contribution in [0.4, 0.5) is 0 Å². The van der Waals surface area contributed by atoms with Gasteiger partial charge in [0.15, 0.2) is 0 Å². The average molecular weight is 255 g/mol. The second-order valence-electron chi connectivity index (χ2n) is 5.21. The molecule has 19 heavy (non-hydrogen) atoms. The van der Waals surface area contributed by atoms with Crippen molar-refractivity contribution in [2.24, 2.45) is 0 Å². The van der Waals surface area contributed by atoms with Crippen LogP contribution in [0.2, 0.25) is 0 Å². The van der Waals surface area contributed by atoms with Crippen LogP contribution in [0.25, 0.3) is 5.57 Å². The van der Waals surface area contributed by atoms with Crippen LogP contribution >= 0.6 is 0 Å². The van der Waals surface area contributed by atoms with Gasteiger partial charge in [-0.2, -0.15) is 5.26 Å². The van der Waals surface area contributed by atoms with Gasteiger partial charge in [-0.25, -0.2) is 0 Å². The SMILES string of the molecule is Cc1cc(C#N)ccc1/C(C=N)=C1\CC(C)(O)CN1. The quantitative estimate of drug-likeness (QED) is 0.707. The van der Waals surface area contributed by atoms with Crippen LogP contribution in [0.1, 0.15) is 30.0 Å². The van der Waals surface area contributed by atoms with Crippen LogP contribution in [-0.4, -0.2) is 23.5 Å². The fourth-order valence-electron chi connectivity index (χ4n) is 2.36. The van der Waals surface area contributed by atoms with Crippen LogP contribution in [0.15, 0.2) is 23.9 Å². The summed E-state index contributed by atoms with van der Waals surface area (Å²) in [5, 5.41) is 29.7. The monoisotopic (exact) mass is 255 g/mol. The Hall–Kier alpha value is -2.12. The Labute approximate surface area is 112 Å². The molecule has 0 bridgehead atoms. The summed E-state index contributed by atoms with van der Waals surface area (Å²) in [6, 6.07) is 7.52. The van der Waals surface area contributed by atoms with E-state index in [9.17, 15) is 5.11 Å². The lowest BCUT2D eigenvalue weighted by atomic mass is 9.95. The van der Waals surface area contributed by atoms with E-state index in [1.807, 2.05) is 19.1 Å². The van der Waals surface area contributed by atoms with E-state index in [1.165, 1.54) is 6.21 Å². The lowest BCUT2D eigenvalue weighted by Crippen LogP contribution is -2.26. The molecule has 0 aliphatic carbocycles. The number of nitrogens with zero attached hydrogens (tertiary/aromatic N) is 1. The summed E-state index contributed by atoms with van der Waals surface area (Å²) in [7, 11) is 0. The molecule has 2 rings (SSSR count). The third-order valence-corrected chi connectivity index (χ3v) is 3.36. The Morgan fingerprint density at radius 1 is 1.58 bits per heavy atom. The van der Waals surface area contributed by atoms with Gasteiger partial charge in [0.05, 0.1) is 17.2 Å². The van der Waals surface area contributed by atoms with Crippen molar-refractivity contribution in [3.05, 3.63) is 40.6 Å². The number of β-amino-alcohol motifs (C(OH)–C–C–N with tert-alkyl or cyclic N) is 1. The highest BCUT2D eigenvalue weighted by Crippen LogP contribution is 2.29. The highest BCUT2D eigenvalue weighted by atomic mass is 16.3. The highest BCUT2D eigenvalue weighted by Gasteiger charge is 2.30. The van der Waals surface area contributed by atoms with Gasteiger partial charge in [0.2, 0.25) is 0 Å². The second kappa shape index (κ2) is 4.87. The van der Waals surface area contributed by atoms with Gasteiger partial charge in [0.25, 0.3) is 0 Å². The van der Waals surface area contributed by atoms with E-state index in [2.05, 4.69) is 11.4 Å². The first kappa shape index (κ1) is 13.3. The molecule has 1 aliphatic rings. The van der Waals surface area contributed by atoms with Crippen molar-refractivity contribution in [3.63, 3.8) is 0 Å². The molecule has 0 spiro atoms. The standard InChI is InChI=1S/C15H17N3O/c1-10-5-11(7-16)3-4-12(10)13(8-17)14-6-15(2,19)9-18-14/h3-5,8,17-19H,6,9H2,1-2H3/b14-13+,17-8?. The number of aliphatic hydroxyl groups is 1. The molecule has 1 saturated heterocycles. The molecule has 1 atom stereocenters. The molecule has 1 heterocycles.